The van der Waals surface area contributed by atoms with Gasteiger partial charge in [0, 0.05) is 0 Å². The third-order valence-electron chi connectivity index (χ3n) is 3.66. The quantitative estimate of drug-likeness (QED) is 0.377. The molecule has 2 fully saturated rings. The number of hydrogen-bond acceptors (Lipinski definition) is 8. The maximum atomic E-state index is 10.5. The van der Waals surface area contributed by atoms with Crippen molar-refractivity contribution in [2.45, 2.75) is 24.5 Å². The highest BCUT2D eigenvalue weighted by Crippen LogP contribution is 2.58. The number of imidazole rings is 1. The molecule has 22 heavy (non-hydrogen) atoms. The van der Waals surface area contributed by atoms with Crippen molar-refractivity contribution < 1.29 is 23.8 Å². The van der Waals surface area contributed by atoms with Crippen molar-refractivity contribution in [3.05, 3.63) is 17.3 Å². The van der Waals surface area contributed by atoms with Crippen LogP contribution < -0.4 is 0 Å². The normalized spacial score (nSPS) is 38.3. The summed E-state index contributed by atoms with van der Waals surface area (Å²) in [6.07, 6.45) is -0.183. The average molecular weight is 341 g/mol. The average Bonchev–Trinajstić information content (AvgIpc) is 3.01. The van der Waals surface area contributed by atoms with Gasteiger partial charge in [0.15, 0.2) is 17.0 Å². The van der Waals surface area contributed by atoms with Crippen molar-refractivity contribution in [2.24, 2.45) is 0 Å². The first kappa shape index (κ1) is 14.6. The van der Waals surface area contributed by atoms with Crippen LogP contribution in [0.3, 0.4) is 0 Å². The molecule has 0 spiro atoms. The number of aliphatic hydroxyl groups is 1. The van der Waals surface area contributed by atoms with Gasteiger partial charge in [-0.2, -0.15) is 9.05 Å². The third-order valence-corrected chi connectivity index (χ3v) is 5.02. The van der Waals surface area contributed by atoms with Crippen LogP contribution in [-0.4, -0.2) is 62.0 Å². The van der Waals surface area contributed by atoms with Gasteiger partial charge < -0.3 is 14.8 Å². The van der Waals surface area contributed by atoms with Crippen LogP contribution in [0.2, 0.25) is 0 Å². The summed E-state index contributed by atoms with van der Waals surface area (Å²) in [7, 11) is 2.08. The first-order valence-corrected chi connectivity index (χ1v) is 8.49. The van der Waals surface area contributed by atoms with Crippen molar-refractivity contribution in [1.82, 2.24) is 19.5 Å². The molecule has 2 aromatic heterocycles. The van der Waals surface area contributed by atoms with Gasteiger partial charge in [0.05, 0.1) is 12.7 Å². The van der Waals surface area contributed by atoms with Gasteiger partial charge in [-0.3, -0.25) is 4.57 Å². The van der Waals surface area contributed by atoms with E-state index < -0.39 is 32.4 Å². The lowest BCUT2D eigenvalue weighted by Gasteiger charge is -2.27. The molecule has 3 N–H and O–H groups in total. The van der Waals surface area contributed by atoms with E-state index in [-0.39, 0.29) is 6.61 Å². The Kier molecular flexibility index (Phi) is 3.35. The third kappa shape index (κ3) is 2.21. The lowest BCUT2D eigenvalue weighted by atomic mass is 10.1. The zero-order chi connectivity index (χ0) is 15.5. The second-order valence-corrected chi connectivity index (χ2v) is 7.03. The van der Waals surface area contributed by atoms with Crippen molar-refractivity contribution in [3.8, 4) is 0 Å². The summed E-state index contributed by atoms with van der Waals surface area (Å²) in [5.74, 6) is 0. The molecule has 4 rings (SSSR count). The molecule has 12 heteroatoms. The van der Waals surface area contributed by atoms with Crippen LogP contribution in [-0.2, 0) is 13.8 Å². The lowest BCUT2D eigenvalue weighted by molar-refractivity contribution is -0.0603. The molecular weight excluding hydrogens is 330 g/mol. The smallest absolute Gasteiger partial charge is 0.385 e. The Labute approximate surface area is 131 Å². The minimum Gasteiger partial charge on any atom is -0.385 e. The maximum Gasteiger partial charge on any atom is 0.488 e. The Hall–Kier alpha value is -0.935. The van der Waals surface area contributed by atoms with Crippen LogP contribution >= 0.6 is 20.0 Å². The number of nitrogens with zero attached hydrogens (tertiary/aromatic N) is 3. The fourth-order valence-electron chi connectivity index (χ4n) is 2.67. The number of rotatable bonds is 1. The molecule has 0 aliphatic carbocycles. The zero-order valence-electron chi connectivity index (χ0n) is 11.1. The van der Waals surface area contributed by atoms with Gasteiger partial charge in [-0.05, 0) is 0 Å². The predicted octanol–water partition coefficient (Wildman–Crippen LogP) is 0.000990. The molecule has 5 atom stereocenters. The van der Waals surface area contributed by atoms with Gasteiger partial charge in [-0.25, -0.2) is 14.9 Å². The second kappa shape index (κ2) is 5.03. The molecule has 2 aromatic rings. The molecule has 0 amide bonds. The summed E-state index contributed by atoms with van der Waals surface area (Å²) in [5.41, 5.74) is 1.07. The standard InChI is InChI=1S/C10H11BN4O5PS/c11-21(17)18-1-4-7(20-21)6(16)10(19-4)15-3-14-5-8(15)12-2-13-9(5)22/h2-4,6-7,10,16-17H,1H2,(H,12,13,22)/q+1/t4-,6?,7-,10-,21?/m1/s1. The Morgan fingerprint density at radius 1 is 1.50 bits per heavy atom. The van der Waals surface area contributed by atoms with E-state index in [4.69, 9.17) is 33.6 Å². The van der Waals surface area contributed by atoms with E-state index in [1.54, 1.807) is 4.57 Å². The van der Waals surface area contributed by atoms with Gasteiger partial charge in [-0.15, -0.1) is 0 Å². The fourth-order valence-corrected chi connectivity index (χ4v) is 3.90. The summed E-state index contributed by atoms with van der Waals surface area (Å²) < 4.78 is 18.0. The number of aromatic amines is 1. The van der Waals surface area contributed by atoms with Crippen LogP contribution in [0, 0.1) is 4.64 Å². The minimum atomic E-state index is -3.40. The Morgan fingerprint density at radius 3 is 3.14 bits per heavy atom. The number of aromatic nitrogens is 4. The van der Waals surface area contributed by atoms with Crippen LogP contribution in [0.4, 0.5) is 0 Å². The van der Waals surface area contributed by atoms with E-state index in [1.165, 1.54) is 12.7 Å². The molecule has 0 aromatic carbocycles. The number of aliphatic hydroxyl groups excluding tert-OH is 1. The van der Waals surface area contributed by atoms with Crippen molar-refractivity contribution in [2.75, 3.05) is 6.61 Å². The maximum absolute atomic E-state index is 10.5. The lowest BCUT2D eigenvalue weighted by Crippen LogP contribution is -2.40. The molecule has 0 saturated carbocycles. The van der Waals surface area contributed by atoms with E-state index >= 15 is 0 Å². The molecule has 9 nitrogen and oxygen atoms in total. The molecule has 2 radical (unpaired) electrons. The summed E-state index contributed by atoms with van der Waals surface area (Å²) in [5, 5.41) is 10.5. The highest BCUT2D eigenvalue weighted by atomic mass is 32.1. The van der Waals surface area contributed by atoms with E-state index in [9.17, 15) is 10.00 Å². The molecule has 4 heterocycles. The van der Waals surface area contributed by atoms with Crippen LogP contribution in [0.5, 0.6) is 0 Å². The van der Waals surface area contributed by atoms with Crippen LogP contribution in [0.15, 0.2) is 12.7 Å². The first-order valence-electron chi connectivity index (χ1n) is 6.43. The summed E-state index contributed by atoms with van der Waals surface area (Å²) >= 11 is 5.10. The molecule has 2 saturated heterocycles. The van der Waals surface area contributed by atoms with E-state index in [0.717, 1.165) is 0 Å². The van der Waals surface area contributed by atoms with Crippen LogP contribution in [0.25, 0.3) is 11.2 Å². The topological polar surface area (TPSA) is 115 Å². The largest absolute Gasteiger partial charge is 0.488 e. The van der Waals surface area contributed by atoms with Crippen LogP contribution in [0.1, 0.15) is 6.23 Å². The molecule has 2 aliphatic rings. The van der Waals surface area contributed by atoms with Gasteiger partial charge in [0.2, 0.25) is 0 Å². The highest BCUT2D eigenvalue weighted by Gasteiger charge is 2.56. The highest BCUT2D eigenvalue weighted by molar-refractivity contribution is 7.85. The molecule has 2 aliphatic heterocycles. The SMILES string of the molecule is [B][P+]1(O)OC[C@H]2O[C@@H](n3cnc4c(=S)nc[nH]c43)C(O)[C@@H]2O1. The molecular formula is C10H11BN4O5PS+. The Morgan fingerprint density at radius 2 is 2.32 bits per heavy atom. The summed E-state index contributed by atoms with van der Waals surface area (Å²) in [4.78, 5) is 20.7. The minimum absolute atomic E-state index is 0.0448. The van der Waals surface area contributed by atoms with E-state index in [1.807, 2.05) is 0 Å². The summed E-state index contributed by atoms with van der Waals surface area (Å²) in [6.45, 7) is 0.0448. The van der Waals surface area contributed by atoms with Gasteiger partial charge >= 0.3 is 15.4 Å². The number of ether oxygens (including phenoxy) is 1. The van der Waals surface area contributed by atoms with Gasteiger partial charge in [0.1, 0.15) is 30.0 Å². The molecule has 2 unspecified atom stereocenters. The summed E-state index contributed by atoms with van der Waals surface area (Å²) in [6, 6.07) is 0. The van der Waals surface area contributed by atoms with E-state index in [2.05, 4.69) is 15.0 Å². The number of nitrogens with one attached hydrogen (secondary N) is 1. The predicted molar refractivity (Wildman–Crippen MR) is 78.3 cm³/mol. The van der Waals surface area contributed by atoms with E-state index in [0.29, 0.717) is 15.8 Å². The Bertz CT molecular complexity index is 784. The zero-order valence-corrected chi connectivity index (χ0v) is 12.8. The Balaban J connectivity index is 1.71. The monoisotopic (exact) mass is 341 g/mol. The number of fused-ring (bicyclic) bond motifs is 2. The first-order chi connectivity index (χ1) is 10.5. The molecule has 0 bridgehead atoms. The number of H-pyrrole nitrogens is 1. The van der Waals surface area contributed by atoms with Crippen molar-refractivity contribution in [1.29, 1.82) is 0 Å². The van der Waals surface area contributed by atoms with Crippen molar-refractivity contribution >= 4 is 38.8 Å². The number of hydrogen-bond donors (Lipinski definition) is 3. The van der Waals surface area contributed by atoms with Crippen molar-refractivity contribution in [3.63, 3.8) is 0 Å². The molecule has 114 valence electrons. The second-order valence-electron chi connectivity index (χ2n) is 5.04. The van der Waals surface area contributed by atoms with Gasteiger partial charge in [0.25, 0.3) is 0 Å². The fraction of sp³-hybridized carbons (Fsp3) is 0.500. The van der Waals surface area contributed by atoms with Gasteiger partial charge in [-0.1, -0.05) is 12.2 Å².